The van der Waals surface area contributed by atoms with Crippen LogP contribution in [0.4, 0.5) is 0 Å². The zero-order valence-corrected chi connectivity index (χ0v) is 8.20. The SMILES string of the molecule is N#C/C(=C(\O)CCCl)c1ccccn1. The lowest BCUT2D eigenvalue weighted by Crippen LogP contribution is -1.93. The molecule has 0 amide bonds. The monoisotopic (exact) mass is 208 g/mol. The van der Waals surface area contributed by atoms with Crippen LogP contribution in [-0.2, 0) is 0 Å². The summed E-state index contributed by atoms with van der Waals surface area (Å²) in [6.07, 6.45) is 1.85. The van der Waals surface area contributed by atoms with Gasteiger partial charge in [0.05, 0.1) is 5.69 Å². The maximum atomic E-state index is 9.50. The number of nitrogens with zero attached hydrogens (tertiary/aromatic N) is 2. The Morgan fingerprint density at radius 3 is 2.86 bits per heavy atom. The Hall–Kier alpha value is -1.53. The van der Waals surface area contributed by atoms with Crippen molar-refractivity contribution in [1.29, 1.82) is 5.26 Å². The second-order valence-corrected chi connectivity index (χ2v) is 2.97. The van der Waals surface area contributed by atoms with Crippen molar-refractivity contribution in [1.82, 2.24) is 4.98 Å². The number of pyridine rings is 1. The Morgan fingerprint density at radius 1 is 1.57 bits per heavy atom. The zero-order chi connectivity index (χ0) is 10.4. The molecule has 1 N–H and O–H groups in total. The molecule has 0 aliphatic rings. The molecule has 0 fully saturated rings. The Morgan fingerprint density at radius 2 is 2.36 bits per heavy atom. The predicted octanol–water partition coefficient (Wildman–Crippen LogP) is 2.50. The Bertz CT molecular complexity index is 367. The highest BCUT2D eigenvalue weighted by Gasteiger charge is 2.07. The summed E-state index contributed by atoms with van der Waals surface area (Å²) in [5, 5.41) is 18.3. The van der Waals surface area contributed by atoms with Crippen molar-refractivity contribution < 1.29 is 5.11 Å². The number of halogens is 1. The molecule has 1 aromatic rings. The summed E-state index contributed by atoms with van der Waals surface area (Å²) < 4.78 is 0. The lowest BCUT2D eigenvalue weighted by atomic mass is 10.1. The molecular formula is C10H9ClN2O. The topological polar surface area (TPSA) is 56.9 Å². The van der Waals surface area contributed by atoms with Crippen LogP contribution >= 0.6 is 11.6 Å². The van der Waals surface area contributed by atoms with Crippen molar-refractivity contribution in [2.75, 3.05) is 5.88 Å². The third-order valence-electron chi connectivity index (χ3n) is 1.65. The van der Waals surface area contributed by atoms with Gasteiger partial charge in [-0.05, 0) is 12.1 Å². The lowest BCUT2D eigenvalue weighted by Gasteiger charge is -2.01. The van der Waals surface area contributed by atoms with Crippen molar-refractivity contribution in [2.24, 2.45) is 0 Å². The minimum atomic E-state index is -0.0128. The van der Waals surface area contributed by atoms with Gasteiger partial charge in [0.15, 0.2) is 0 Å². The van der Waals surface area contributed by atoms with Crippen LogP contribution in [0.2, 0.25) is 0 Å². The van der Waals surface area contributed by atoms with E-state index in [1.807, 2.05) is 6.07 Å². The van der Waals surface area contributed by atoms with Crippen LogP contribution in [0.5, 0.6) is 0 Å². The molecule has 1 heterocycles. The lowest BCUT2D eigenvalue weighted by molar-refractivity contribution is 0.399. The first-order valence-electron chi connectivity index (χ1n) is 4.09. The van der Waals surface area contributed by atoms with E-state index in [9.17, 15) is 5.11 Å². The molecular weight excluding hydrogens is 200 g/mol. The molecule has 0 saturated carbocycles. The molecule has 72 valence electrons. The molecule has 3 nitrogen and oxygen atoms in total. The van der Waals surface area contributed by atoms with E-state index in [2.05, 4.69) is 4.98 Å². The minimum Gasteiger partial charge on any atom is -0.511 e. The van der Waals surface area contributed by atoms with Crippen LogP contribution in [0.25, 0.3) is 5.57 Å². The Balaban J connectivity index is 3.06. The predicted molar refractivity (Wildman–Crippen MR) is 54.7 cm³/mol. The van der Waals surface area contributed by atoms with Gasteiger partial charge in [-0.1, -0.05) is 6.07 Å². The molecule has 0 spiro atoms. The standard InChI is InChI=1S/C10H9ClN2O/c11-5-4-10(14)8(7-12)9-3-1-2-6-13-9/h1-3,6,14H,4-5H2/b10-8+. The molecule has 1 aromatic heterocycles. The van der Waals surface area contributed by atoms with E-state index in [1.165, 1.54) is 0 Å². The molecule has 0 unspecified atom stereocenters. The summed E-state index contributed by atoms with van der Waals surface area (Å²) in [5.74, 6) is 0.269. The first-order chi connectivity index (χ1) is 6.79. The fraction of sp³-hybridized carbons (Fsp3) is 0.200. The average molecular weight is 209 g/mol. The van der Waals surface area contributed by atoms with Crippen molar-refractivity contribution in [3.8, 4) is 6.07 Å². The Kier molecular flexibility index (Phi) is 3.96. The number of aliphatic hydroxyl groups excluding tert-OH is 1. The number of hydrogen-bond donors (Lipinski definition) is 1. The number of allylic oxidation sites excluding steroid dienone is 2. The summed E-state index contributed by atoms with van der Waals surface area (Å²) in [5.41, 5.74) is 0.656. The van der Waals surface area contributed by atoms with E-state index in [1.54, 1.807) is 24.4 Å². The van der Waals surface area contributed by atoms with Gasteiger partial charge in [0.1, 0.15) is 17.4 Å². The first-order valence-corrected chi connectivity index (χ1v) is 4.62. The number of alkyl halides is 1. The molecule has 0 saturated heterocycles. The Labute approximate surface area is 87.3 Å². The van der Waals surface area contributed by atoms with Gasteiger partial charge in [-0.15, -0.1) is 11.6 Å². The van der Waals surface area contributed by atoms with Gasteiger partial charge in [0.25, 0.3) is 0 Å². The first kappa shape index (κ1) is 10.6. The zero-order valence-electron chi connectivity index (χ0n) is 7.44. The highest BCUT2D eigenvalue weighted by atomic mass is 35.5. The summed E-state index contributed by atoms with van der Waals surface area (Å²) in [7, 11) is 0. The van der Waals surface area contributed by atoms with Crippen molar-refractivity contribution in [3.63, 3.8) is 0 Å². The van der Waals surface area contributed by atoms with Gasteiger partial charge in [0, 0.05) is 18.5 Å². The third-order valence-corrected chi connectivity index (χ3v) is 1.84. The fourth-order valence-electron chi connectivity index (χ4n) is 0.995. The maximum absolute atomic E-state index is 9.50. The average Bonchev–Trinajstić information content (AvgIpc) is 2.21. The van der Waals surface area contributed by atoms with Gasteiger partial charge in [-0.3, -0.25) is 4.98 Å². The van der Waals surface area contributed by atoms with Gasteiger partial charge in [-0.25, -0.2) is 0 Å². The maximum Gasteiger partial charge on any atom is 0.115 e. The molecule has 0 bridgehead atoms. The molecule has 1 rings (SSSR count). The summed E-state index contributed by atoms with van der Waals surface area (Å²) in [4.78, 5) is 3.97. The van der Waals surface area contributed by atoms with E-state index in [4.69, 9.17) is 16.9 Å². The van der Waals surface area contributed by atoms with Crippen molar-refractivity contribution >= 4 is 17.2 Å². The normalized spacial score (nSPS) is 11.7. The second kappa shape index (κ2) is 5.25. The number of hydrogen-bond acceptors (Lipinski definition) is 3. The van der Waals surface area contributed by atoms with E-state index < -0.39 is 0 Å². The number of aromatic nitrogens is 1. The fourth-order valence-corrected chi connectivity index (χ4v) is 1.17. The molecule has 0 aliphatic heterocycles. The van der Waals surface area contributed by atoms with Crippen LogP contribution in [0.3, 0.4) is 0 Å². The third kappa shape index (κ3) is 2.48. The van der Waals surface area contributed by atoms with E-state index >= 15 is 0 Å². The highest BCUT2D eigenvalue weighted by molar-refractivity contribution is 6.18. The van der Waals surface area contributed by atoms with Crippen LogP contribution in [0.15, 0.2) is 30.2 Å². The quantitative estimate of drug-likeness (QED) is 0.472. The largest absolute Gasteiger partial charge is 0.511 e. The van der Waals surface area contributed by atoms with E-state index in [0.29, 0.717) is 5.69 Å². The molecule has 0 radical (unpaired) electrons. The summed E-state index contributed by atoms with van der Waals surface area (Å²) >= 11 is 5.46. The second-order valence-electron chi connectivity index (χ2n) is 2.59. The number of nitriles is 1. The van der Waals surface area contributed by atoms with Gasteiger partial charge < -0.3 is 5.11 Å². The summed E-state index contributed by atoms with van der Waals surface area (Å²) in [6.45, 7) is 0. The molecule has 0 aromatic carbocycles. The number of rotatable bonds is 3. The number of aliphatic hydroxyl groups is 1. The molecule has 0 aliphatic carbocycles. The minimum absolute atomic E-state index is 0.0128. The highest BCUT2D eigenvalue weighted by Crippen LogP contribution is 2.16. The van der Waals surface area contributed by atoms with Crippen LogP contribution in [0.1, 0.15) is 12.1 Å². The van der Waals surface area contributed by atoms with Gasteiger partial charge in [0.2, 0.25) is 0 Å². The molecule has 4 heteroatoms. The van der Waals surface area contributed by atoms with E-state index in [-0.39, 0.29) is 23.6 Å². The van der Waals surface area contributed by atoms with Crippen molar-refractivity contribution in [2.45, 2.75) is 6.42 Å². The molecule has 0 atom stereocenters. The van der Waals surface area contributed by atoms with Crippen molar-refractivity contribution in [3.05, 3.63) is 35.8 Å². The van der Waals surface area contributed by atoms with E-state index in [0.717, 1.165) is 0 Å². The summed E-state index contributed by atoms with van der Waals surface area (Å²) in [6, 6.07) is 7.09. The van der Waals surface area contributed by atoms with Gasteiger partial charge >= 0.3 is 0 Å². The van der Waals surface area contributed by atoms with Crippen LogP contribution in [0, 0.1) is 11.3 Å². The van der Waals surface area contributed by atoms with Crippen LogP contribution < -0.4 is 0 Å². The van der Waals surface area contributed by atoms with Crippen LogP contribution in [-0.4, -0.2) is 16.0 Å². The van der Waals surface area contributed by atoms with Gasteiger partial charge in [-0.2, -0.15) is 5.26 Å². The smallest absolute Gasteiger partial charge is 0.115 e. The molecule has 14 heavy (non-hydrogen) atoms.